The molecule has 1 N–H and O–H groups in total. The largest absolute Gasteiger partial charge is 0.492 e. The zero-order valence-corrected chi connectivity index (χ0v) is 17.9. The van der Waals surface area contributed by atoms with Gasteiger partial charge < -0.3 is 14.5 Å². The lowest BCUT2D eigenvalue weighted by atomic mass is 10.2. The van der Waals surface area contributed by atoms with Crippen LogP contribution in [0.4, 0.5) is 16.5 Å². The molecule has 0 fully saturated rings. The Balaban J connectivity index is 1.39. The Morgan fingerprint density at radius 3 is 2.87 bits per heavy atom. The van der Waals surface area contributed by atoms with E-state index in [1.807, 2.05) is 31.2 Å². The van der Waals surface area contributed by atoms with Crippen molar-refractivity contribution in [3.63, 3.8) is 0 Å². The van der Waals surface area contributed by atoms with Gasteiger partial charge in [0, 0.05) is 17.7 Å². The first-order chi connectivity index (χ1) is 15.1. The predicted molar refractivity (Wildman–Crippen MR) is 117 cm³/mol. The third-order valence-corrected chi connectivity index (χ3v) is 5.88. The molecule has 0 amide bonds. The SMILES string of the molecule is CCOc1ccccc1Nc1nnc(SCc2nnc(-c3cccc([N+](=O)[O-])c3)o2)s1. The minimum Gasteiger partial charge on any atom is -0.492 e. The summed E-state index contributed by atoms with van der Waals surface area (Å²) in [5, 5.41) is 31.1. The molecule has 31 heavy (non-hydrogen) atoms. The Kier molecular flexibility index (Phi) is 6.38. The average molecular weight is 457 g/mol. The molecular formula is C19H16N6O4S2. The normalized spacial score (nSPS) is 10.7. The summed E-state index contributed by atoms with van der Waals surface area (Å²) in [5.41, 5.74) is 1.27. The van der Waals surface area contributed by atoms with E-state index in [9.17, 15) is 10.1 Å². The number of nitrogens with one attached hydrogen (secondary N) is 1. The molecule has 158 valence electrons. The Labute approximate surface area is 184 Å². The summed E-state index contributed by atoms with van der Waals surface area (Å²) in [6.45, 7) is 2.50. The van der Waals surface area contributed by atoms with Crippen LogP contribution in [0.1, 0.15) is 12.8 Å². The molecule has 0 bridgehead atoms. The molecule has 4 aromatic rings. The number of non-ortho nitro benzene ring substituents is 1. The molecule has 10 nitrogen and oxygen atoms in total. The van der Waals surface area contributed by atoms with Crippen LogP contribution in [0.3, 0.4) is 0 Å². The molecule has 4 rings (SSSR count). The van der Waals surface area contributed by atoms with Crippen molar-refractivity contribution in [2.24, 2.45) is 0 Å². The number of hydrogen-bond donors (Lipinski definition) is 1. The first kappa shape index (κ1) is 20.8. The highest BCUT2D eigenvalue weighted by molar-refractivity contribution is 8.00. The number of para-hydroxylation sites is 2. The minimum atomic E-state index is -0.468. The van der Waals surface area contributed by atoms with Crippen LogP contribution in [-0.4, -0.2) is 31.9 Å². The number of nitro benzene ring substituents is 1. The number of benzene rings is 2. The first-order valence-corrected chi connectivity index (χ1v) is 10.9. The van der Waals surface area contributed by atoms with Crippen LogP contribution >= 0.6 is 23.1 Å². The van der Waals surface area contributed by atoms with E-state index in [4.69, 9.17) is 9.15 Å². The number of nitro groups is 1. The van der Waals surface area contributed by atoms with E-state index in [1.54, 1.807) is 12.1 Å². The summed E-state index contributed by atoms with van der Waals surface area (Å²) in [4.78, 5) is 10.5. The van der Waals surface area contributed by atoms with Crippen molar-refractivity contribution in [3.05, 3.63) is 64.5 Å². The van der Waals surface area contributed by atoms with Crippen molar-refractivity contribution in [1.29, 1.82) is 0 Å². The molecule has 0 saturated heterocycles. The van der Waals surface area contributed by atoms with Crippen molar-refractivity contribution in [2.75, 3.05) is 11.9 Å². The average Bonchev–Trinajstić information content (AvgIpc) is 3.43. The van der Waals surface area contributed by atoms with Crippen LogP contribution in [0.15, 0.2) is 57.3 Å². The van der Waals surface area contributed by atoms with Crippen molar-refractivity contribution >= 4 is 39.6 Å². The van der Waals surface area contributed by atoms with Gasteiger partial charge in [-0.1, -0.05) is 41.3 Å². The summed E-state index contributed by atoms with van der Waals surface area (Å²) >= 11 is 2.80. The summed E-state index contributed by atoms with van der Waals surface area (Å²) in [6, 6.07) is 13.7. The van der Waals surface area contributed by atoms with Gasteiger partial charge in [-0.05, 0) is 25.1 Å². The number of thioether (sulfide) groups is 1. The third-order valence-electron chi connectivity index (χ3n) is 3.92. The van der Waals surface area contributed by atoms with E-state index in [0.717, 1.165) is 15.8 Å². The lowest BCUT2D eigenvalue weighted by Crippen LogP contribution is -1.97. The number of ether oxygens (including phenoxy) is 1. The molecule has 0 atom stereocenters. The Hall–Kier alpha value is -3.51. The number of aromatic nitrogens is 4. The second-order valence-corrected chi connectivity index (χ2v) is 8.22. The zero-order valence-electron chi connectivity index (χ0n) is 16.2. The van der Waals surface area contributed by atoms with Crippen LogP contribution in [-0.2, 0) is 5.75 Å². The second kappa shape index (κ2) is 9.53. The second-order valence-electron chi connectivity index (χ2n) is 6.02. The predicted octanol–water partition coefficient (Wildman–Crippen LogP) is 4.93. The molecule has 0 radical (unpaired) electrons. The molecule has 2 aromatic carbocycles. The molecule has 0 aliphatic rings. The van der Waals surface area contributed by atoms with E-state index >= 15 is 0 Å². The molecular weight excluding hydrogens is 440 g/mol. The first-order valence-electron chi connectivity index (χ1n) is 9.14. The van der Waals surface area contributed by atoms with Gasteiger partial charge in [0.2, 0.25) is 16.9 Å². The molecule has 0 aliphatic heterocycles. The molecule has 0 aliphatic carbocycles. The van der Waals surface area contributed by atoms with Crippen molar-refractivity contribution in [2.45, 2.75) is 17.0 Å². The van der Waals surface area contributed by atoms with Gasteiger partial charge in [-0.2, -0.15) is 0 Å². The maximum absolute atomic E-state index is 10.9. The fraction of sp³-hybridized carbons (Fsp3) is 0.158. The summed E-state index contributed by atoms with van der Waals surface area (Å²) in [5.74, 6) is 1.75. The third kappa shape index (κ3) is 5.16. The van der Waals surface area contributed by atoms with Crippen LogP contribution in [0.25, 0.3) is 11.5 Å². The van der Waals surface area contributed by atoms with E-state index in [2.05, 4.69) is 25.7 Å². The van der Waals surface area contributed by atoms with Crippen LogP contribution in [0.2, 0.25) is 0 Å². The molecule has 2 heterocycles. The fourth-order valence-corrected chi connectivity index (χ4v) is 4.19. The topological polar surface area (TPSA) is 129 Å². The number of anilines is 2. The highest BCUT2D eigenvalue weighted by atomic mass is 32.2. The van der Waals surface area contributed by atoms with Crippen LogP contribution in [0.5, 0.6) is 5.75 Å². The Bertz CT molecular complexity index is 1200. The highest BCUT2D eigenvalue weighted by Gasteiger charge is 2.14. The van der Waals surface area contributed by atoms with Gasteiger partial charge in [-0.15, -0.1) is 20.4 Å². The maximum Gasteiger partial charge on any atom is 0.270 e. The molecule has 12 heteroatoms. The quantitative estimate of drug-likeness (QED) is 0.210. The van der Waals surface area contributed by atoms with Gasteiger partial charge in [0.05, 0.1) is 23.0 Å². The molecule has 0 spiro atoms. The van der Waals surface area contributed by atoms with Crippen molar-refractivity contribution in [3.8, 4) is 17.2 Å². The van der Waals surface area contributed by atoms with Crippen molar-refractivity contribution < 1.29 is 14.1 Å². The fourth-order valence-electron chi connectivity index (χ4n) is 2.59. The van der Waals surface area contributed by atoms with Gasteiger partial charge >= 0.3 is 0 Å². The monoisotopic (exact) mass is 456 g/mol. The highest BCUT2D eigenvalue weighted by Crippen LogP contribution is 2.33. The summed E-state index contributed by atoms with van der Waals surface area (Å²) < 4.78 is 12.0. The summed E-state index contributed by atoms with van der Waals surface area (Å²) in [7, 11) is 0. The van der Waals surface area contributed by atoms with E-state index in [0.29, 0.717) is 28.9 Å². The van der Waals surface area contributed by atoms with Gasteiger partial charge in [0.15, 0.2) is 4.34 Å². The number of nitrogens with zero attached hydrogens (tertiary/aromatic N) is 5. The molecule has 2 aromatic heterocycles. The molecule has 0 saturated carbocycles. The van der Waals surface area contributed by atoms with Crippen LogP contribution in [0, 0.1) is 10.1 Å². The van der Waals surface area contributed by atoms with Gasteiger partial charge in [-0.3, -0.25) is 10.1 Å². The van der Waals surface area contributed by atoms with E-state index in [1.165, 1.54) is 35.2 Å². The lowest BCUT2D eigenvalue weighted by Gasteiger charge is -2.09. The summed E-state index contributed by atoms with van der Waals surface area (Å²) in [6.07, 6.45) is 0. The minimum absolute atomic E-state index is 0.0357. The Morgan fingerprint density at radius 1 is 1.16 bits per heavy atom. The smallest absolute Gasteiger partial charge is 0.270 e. The van der Waals surface area contributed by atoms with Crippen LogP contribution < -0.4 is 10.1 Å². The lowest BCUT2D eigenvalue weighted by molar-refractivity contribution is -0.384. The zero-order chi connectivity index (χ0) is 21.6. The van der Waals surface area contributed by atoms with Gasteiger partial charge in [0.1, 0.15) is 5.75 Å². The molecule has 0 unspecified atom stereocenters. The number of hydrogen-bond acceptors (Lipinski definition) is 11. The van der Waals surface area contributed by atoms with E-state index in [-0.39, 0.29) is 11.6 Å². The standard InChI is InChI=1S/C19H16N6O4S2/c1-2-28-15-9-4-3-8-14(15)20-18-23-24-19(31-18)30-11-16-21-22-17(29-16)12-6-5-7-13(10-12)25(26)27/h3-10H,2,11H2,1H3,(H,20,23). The Morgan fingerprint density at radius 2 is 2.03 bits per heavy atom. The van der Waals surface area contributed by atoms with E-state index < -0.39 is 4.92 Å². The van der Waals surface area contributed by atoms with Crippen molar-refractivity contribution in [1.82, 2.24) is 20.4 Å². The van der Waals surface area contributed by atoms with Gasteiger partial charge in [-0.25, -0.2) is 0 Å². The van der Waals surface area contributed by atoms with Gasteiger partial charge in [0.25, 0.3) is 5.69 Å². The number of rotatable bonds is 9. The maximum atomic E-state index is 10.9.